The van der Waals surface area contributed by atoms with E-state index < -0.39 is 30.0 Å². The summed E-state index contributed by atoms with van der Waals surface area (Å²) in [5.41, 5.74) is 5.03. The molecule has 1 atom stereocenters. The second-order valence-corrected chi connectivity index (χ2v) is 3.05. The Balaban J connectivity index is 0.00000225. The molecule has 0 radical (unpaired) electrons. The zero-order valence-electron chi connectivity index (χ0n) is 8.22. The van der Waals surface area contributed by atoms with Crippen molar-refractivity contribution < 1.29 is 19.1 Å². The van der Waals surface area contributed by atoms with Crippen LogP contribution in [0.5, 0.6) is 0 Å². The topological polar surface area (TPSA) is 80.4 Å². The number of hydrogen-bond donors (Lipinski definition) is 2. The second kappa shape index (κ2) is 6.19. The first-order valence-corrected chi connectivity index (χ1v) is 4.28. The summed E-state index contributed by atoms with van der Waals surface area (Å²) in [5.74, 6) is -2.55. The fourth-order valence-corrected chi connectivity index (χ4v) is 1.08. The van der Waals surface area contributed by atoms with Crippen molar-refractivity contribution >= 4 is 24.2 Å². The predicted molar refractivity (Wildman–Crippen MR) is 58.2 cm³/mol. The Morgan fingerprint density at radius 1 is 1.38 bits per heavy atom. The van der Waals surface area contributed by atoms with Crippen molar-refractivity contribution in [3.8, 4) is 0 Å². The lowest BCUT2D eigenvalue weighted by Crippen LogP contribution is -2.32. The molecule has 0 amide bonds. The number of ketones is 1. The van der Waals surface area contributed by atoms with Crippen molar-refractivity contribution in [3.05, 3.63) is 35.6 Å². The van der Waals surface area contributed by atoms with Crippen molar-refractivity contribution in [1.82, 2.24) is 0 Å². The molecule has 0 heterocycles. The minimum absolute atomic E-state index is 0. The zero-order chi connectivity index (χ0) is 11.4. The average Bonchev–Trinajstić information content (AvgIpc) is 2.18. The summed E-state index contributed by atoms with van der Waals surface area (Å²) < 4.78 is 13.1. The maximum absolute atomic E-state index is 13.1. The van der Waals surface area contributed by atoms with Gasteiger partial charge >= 0.3 is 5.97 Å². The van der Waals surface area contributed by atoms with Crippen molar-refractivity contribution in [2.45, 2.75) is 12.5 Å². The van der Waals surface area contributed by atoms with Crippen LogP contribution in [0, 0.1) is 5.82 Å². The third-order valence-corrected chi connectivity index (χ3v) is 1.90. The molecule has 0 bridgehead atoms. The van der Waals surface area contributed by atoms with E-state index in [1.807, 2.05) is 0 Å². The van der Waals surface area contributed by atoms with E-state index in [0.29, 0.717) is 0 Å². The largest absolute Gasteiger partial charge is 0.480 e. The van der Waals surface area contributed by atoms with Crippen molar-refractivity contribution in [3.63, 3.8) is 0 Å². The molecule has 0 saturated heterocycles. The molecular formula is C10H11ClFNO3. The van der Waals surface area contributed by atoms with Crippen LogP contribution < -0.4 is 5.73 Å². The minimum Gasteiger partial charge on any atom is -0.480 e. The number of nitrogens with two attached hydrogens (primary N) is 1. The number of aliphatic carboxylic acids is 1. The van der Waals surface area contributed by atoms with Gasteiger partial charge in [0.2, 0.25) is 0 Å². The molecule has 4 nitrogen and oxygen atoms in total. The monoisotopic (exact) mass is 247 g/mol. The first-order valence-electron chi connectivity index (χ1n) is 4.28. The molecule has 1 aromatic carbocycles. The van der Waals surface area contributed by atoms with E-state index in [4.69, 9.17) is 10.8 Å². The summed E-state index contributed by atoms with van der Waals surface area (Å²) in [5, 5.41) is 8.48. The Bertz CT molecular complexity index is 397. The van der Waals surface area contributed by atoms with Crippen LogP contribution in [0.1, 0.15) is 16.8 Å². The lowest BCUT2D eigenvalue weighted by atomic mass is 10.0. The molecule has 6 heteroatoms. The van der Waals surface area contributed by atoms with Gasteiger partial charge in [0, 0.05) is 6.42 Å². The van der Waals surface area contributed by atoms with Gasteiger partial charge in [-0.3, -0.25) is 9.59 Å². The summed E-state index contributed by atoms with van der Waals surface area (Å²) in [6, 6.07) is 4.09. The third-order valence-electron chi connectivity index (χ3n) is 1.90. The SMILES string of the molecule is Cl.NC(CC(=O)c1ccccc1F)C(=O)O. The van der Waals surface area contributed by atoms with Gasteiger partial charge in [-0.25, -0.2) is 4.39 Å². The summed E-state index contributed by atoms with van der Waals surface area (Å²) >= 11 is 0. The normalized spacial score (nSPS) is 11.4. The maximum Gasteiger partial charge on any atom is 0.320 e. The number of carbonyl (C=O) groups excluding carboxylic acids is 1. The summed E-state index contributed by atoms with van der Waals surface area (Å²) in [6.07, 6.45) is -0.406. The van der Waals surface area contributed by atoms with Gasteiger partial charge in [0.1, 0.15) is 11.9 Å². The number of benzene rings is 1. The summed E-state index contributed by atoms with van der Waals surface area (Å²) in [6.45, 7) is 0. The van der Waals surface area contributed by atoms with E-state index in [2.05, 4.69) is 0 Å². The molecule has 1 rings (SSSR count). The van der Waals surface area contributed by atoms with Crippen LogP contribution in [0.4, 0.5) is 4.39 Å². The molecule has 0 saturated carbocycles. The molecule has 0 fully saturated rings. The van der Waals surface area contributed by atoms with Gasteiger partial charge in [0.25, 0.3) is 0 Å². The Kier molecular flexibility index (Phi) is 5.63. The van der Waals surface area contributed by atoms with Crippen LogP contribution in [0.2, 0.25) is 0 Å². The highest BCUT2D eigenvalue weighted by Gasteiger charge is 2.19. The average molecular weight is 248 g/mol. The number of hydrogen-bond acceptors (Lipinski definition) is 3. The number of Topliss-reactive ketones (excluding diaryl/α,β-unsaturated/α-hetero) is 1. The Morgan fingerprint density at radius 3 is 2.44 bits per heavy atom. The van der Waals surface area contributed by atoms with Crippen LogP contribution >= 0.6 is 12.4 Å². The molecular weight excluding hydrogens is 237 g/mol. The van der Waals surface area contributed by atoms with E-state index in [-0.39, 0.29) is 18.0 Å². The fraction of sp³-hybridized carbons (Fsp3) is 0.200. The van der Waals surface area contributed by atoms with Crippen LogP contribution in [-0.4, -0.2) is 22.9 Å². The smallest absolute Gasteiger partial charge is 0.320 e. The van der Waals surface area contributed by atoms with Gasteiger partial charge in [-0.15, -0.1) is 12.4 Å². The third kappa shape index (κ3) is 3.60. The van der Waals surface area contributed by atoms with Gasteiger partial charge in [-0.2, -0.15) is 0 Å². The molecule has 16 heavy (non-hydrogen) atoms. The number of carboxylic acid groups (broad SMARTS) is 1. The van der Waals surface area contributed by atoms with Gasteiger partial charge in [-0.05, 0) is 12.1 Å². The van der Waals surface area contributed by atoms with Crippen LogP contribution in [-0.2, 0) is 4.79 Å². The first kappa shape index (κ1) is 14.5. The molecule has 1 unspecified atom stereocenters. The van der Waals surface area contributed by atoms with Crippen molar-refractivity contribution in [2.75, 3.05) is 0 Å². The second-order valence-electron chi connectivity index (χ2n) is 3.05. The number of carbonyl (C=O) groups is 2. The fourth-order valence-electron chi connectivity index (χ4n) is 1.08. The Morgan fingerprint density at radius 2 is 1.94 bits per heavy atom. The molecule has 0 aliphatic rings. The van der Waals surface area contributed by atoms with E-state index in [0.717, 1.165) is 6.07 Å². The molecule has 1 aromatic rings. The standard InChI is InChI=1S/C10H10FNO3.ClH/c11-7-4-2-1-3-6(7)9(13)5-8(12)10(14)15;/h1-4,8H,5,12H2,(H,14,15);1H. The van der Waals surface area contributed by atoms with Gasteiger partial charge in [-0.1, -0.05) is 12.1 Å². The van der Waals surface area contributed by atoms with Gasteiger partial charge in [0.05, 0.1) is 5.56 Å². The van der Waals surface area contributed by atoms with E-state index in [1.165, 1.54) is 18.2 Å². The van der Waals surface area contributed by atoms with Crippen LogP contribution in [0.15, 0.2) is 24.3 Å². The minimum atomic E-state index is -1.29. The van der Waals surface area contributed by atoms with Gasteiger partial charge in [0.15, 0.2) is 5.78 Å². The Labute approximate surface area is 97.7 Å². The number of carboxylic acids is 1. The van der Waals surface area contributed by atoms with Gasteiger partial charge < -0.3 is 10.8 Å². The molecule has 88 valence electrons. The summed E-state index contributed by atoms with van der Waals surface area (Å²) in [4.78, 5) is 21.8. The van der Waals surface area contributed by atoms with Crippen molar-refractivity contribution in [2.24, 2.45) is 5.73 Å². The first-order chi connectivity index (χ1) is 7.02. The molecule has 0 aliphatic heterocycles. The zero-order valence-corrected chi connectivity index (χ0v) is 9.04. The highest BCUT2D eigenvalue weighted by atomic mass is 35.5. The highest BCUT2D eigenvalue weighted by molar-refractivity contribution is 5.98. The predicted octanol–water partition coefficient (Wildman–Crippen LogP) is 1.23. The molecule has 0 spiro atoms. The van der Waals surface area contributed by atoms with Crippen LogP contribution in [0.25, 0.3) is 0 Å². The molecule has 0 aliphatic carbocycles. The van der Waals surface area contributed by atoms with Crippen molar-refractivity contribution in [1.29, 1.82) is 0 Å². The highest BCUT2D eigenvalue weighted by Crippen LogP contribution is 2.09. The van der Waals surface area contributed by atoms with E-state index >= 15 is 0 Å². The Hall–Kier alpha value is -1.46. The van der Waals surface area contributed by atoms with E-state index in [1.54, 1.807) is 0 Å². The lowest BCUT2D eigenvalue weighted by Gasteiger charge is -2.05. The van der Waals surface area contributed by atoms with E-state index in [9.17, 15) is 14.0 Å². The van der Waals surface area contributed by atoms with Crippen LogP contribution in [0.3, 0.4) is 0 Å². The lowest BCUT2D eigenvalue weighted by molar-refractivity contribution is -0.138. The molecule has 0 aromatic heterocycles. The number of halogens is 2. The molecule has 3 N–H and O–H groups in total. The quantitative estimate of drug-likeness (QED) is 0.785. The maximum atomic E-state index is 13.1. The summed E-state index contributed by atoms with van der Waals surface area (Å²) in [7, 11) is 0. The number of rotatable bonds is 4.